The Morgan fingerprint density at radius 1 is 1.22 bits per heavy atom. The van der Waals surface area contributed by atoms with Crippen LogP contribution in [0.5, 0.6) is 11.5 Å². The summed E-state index contributed by atoms with van der Waals surface area (Å²) < 4.78 is 12.3. The molecule has 0 aromatic heterocycles. The van der Waals surface area contributed by atoms with E-state index < -0.39 is 0 Å². The zero-order valence-electron chi connectivity index (χ0n) is 13.4. The maximum atomic E-state index is 8.83. The highest BCUT2D eigenvalue weighted by molar-refractivity contribution is 9.10. The summed E-state index contributed by atoms with van der Waals surface area (Å²) >= 11 is 3.56. The van der Waals surface area contributed by atoms with Crippen LogP contribution in [0.4, 0.5) is 0 Å². The second-order valence-corrected chi connectivity index (χ2v) is 6.08. The van der Waals surface area contributed by atoms with Crippen molar-refractivity contribution < 1.29 is 14.6 Å². The molecule has 124 valence electrons. The van der Waals surface area contributed by atoms with E-state index in [-0.39, 0.29) is 6.61 Å². The average molecular weight is 380 g/mol. The SMILES string of the molecule is COc1cc(CNCCO)cc(Br)c1OCc1ccccc1C. The molecule has 0 heterocycles. The molecule has 2 aromatic rings. The summed E-state index contributed by atoms with van der Waals surface area (Å²) in [5.41, 5.74) is 3.41. The summed E-state index contributed by atoms with van der Waals surface area (Å²) in [4.78, 5) is 0. The minimum Gasteiger partial charge on any atom is -0.493 e. The van der Waals surface area contributed by atoms with Gasteiger partial charge in [-0.1, -0.05) is 24.3 Å². The maximum absolute atomic E-state index is 8.83. The number of benzene rings is 2. The van der Waals surface area contributed by atoms with Gasteiger partial charge in [0.1, 0.15) is 6.61 Å². The van der Waals surface area contributed by atoms with Crippen molar-refractivity contribution in [2.24, 2.45) is 0 Å². The molecule has 0 aliphatic heterocycles. The normalized spacial score (nSPS) is 10.6. The van der Waals surface area contributed by atoms with Gasteiger partial charge in [-0.3, -0.25) is 0 Å². The van der Waals surface area contributed by atoms with Gasteiger partial charge in [-0.15, -0.1) is 0 Å². The van der Waals surface area contributed by atoms with E-state index in [9.17, 15) is 0 Å². The lowest BCUT2D eigenvalue weighted by atomic mass is 10.1. The summed E-state index contributed by atoms with van der Waals surface area (Å²) in [7, 11) is 1.63. The van der Waals surface area contributed by atoms with E-state index in [1.165, 1.54) is 5.56 Å². The molecule has 2 N–H and O–H groups in total. The van der Waals surface area contributed by atoms with Crippen LogP contribution in [0.2, 0.25) is 0 Å². The fourth-order valence-corrected chi connectivity index (χ4v) is 2.85. The topological polar surface area (TPSA) is 50.7 Å². The van der Waals surface area contributed by atoms with Crippen molar-refractivity contribution in [1.82, 2.24) is 5.32 Å². The van der Waals surface area contributed by atoms with Crippen molar-refractivity contribution >= 4 is 15.9 Å². The van der Waals surface area contributed by atoms with Gasteiger partial charge in [-0.25, -0.2) is 0 Å². The van der Waals surface area contributed by atoms with Crippen LogP contribution in [0.25, 0.3) is 0 Å². The first-order valence-electron chi connectivity index (χ1n) is 7.51. The van der Waals surface area contributed by atoms with Crippen LogP contribution in [-0.2, 0) is 13.2 Å². The van der Waals surface area contributed by atoms with Crippen molar-refractivity contribution in [2.45, 2.75) is 20.1 Å². The molecule has 0 atom stereocenters. The Morgan fingerprint density at radius 2 is 2.00 bits per heavy atom. The van der Waals surface area contributed by atoms with Gasteiger partial charge in [0.25, 0.3) is 0 Å². The van der Waals surface area contributed by atoms with Gasteiger partial charge < -0.3 is 19.9 Å². The number of aliphatic hydroxyl groups is 1. The number of methoxy groups -OCH3 is 1. The quantitative estimate of drug-likeness (QED) is 0.689. The van der Waals surface area contributed by atoms with Gasteiger partial charge in [-0.2, -0.15) is 0 Å². The number of hydrogen-bond acceptors (Lipinski definition) is 4. The lowest BCUT2D eigenvalue weighted by molar-refractivity contribution is 0.281. The Bertz CT molecular complexity index is 646. The molecule has 0 aliphatic rings. The minimum absolute atomic E-state index is 0.121. The molecule has 0 unspecified atom stereocenters. The summed E-state index contributed by atoms with van der Waals surface area (Å²) in [6.07, 6.45) is 0. The fourth-order valence-electron chi connectivity index (χ4n) is 2.25. The molecular weight excluding hydrogens is 358 g/mol. The van der Waals surface area contributed by atoms with Crippen LogP contribution in [0.1, 0.15) is 16.7 Å². The van der Waals surface area contributed by atoms with Crippen molar-refractivity contribution in [3.05, 3.63) is 57.6 Å². The van der Waals surface area contributed by atoms with Crippen LogP contribution < -0.4 is 14.8 Å². The number of ether oxygens (including phenoxy) is 2. The van der Waals surface area contributed by atoms with Crippen molar-refractivity contribution in [2.75, 3.05) is 20.3 Å². The molecule has 0 fully saturated rings. The predicted molar refractivity (Wildman–Crippen MR) is 95.0 cm³/mol. The smallest absolute Gasteiger partial charge is 0.175 e. The molecule has 4 nitrogen and oxygen atoms in total. The predicted octanol–water partition coefficient (Wildman–Crippen LogP) is 3.43. The first kappa shape index (κ1) is 17.8. The summed E-state index contributed by atoms with van der Waals surface area (Å²) in [5.74, 6) is 1.38. The van der Waals surface area contributed by atoms with Crippen molar-refractivity contribution in [3.8, 4) is 11.5 Å². The number of aryl methyl sites for hydroxylation is 1. The van der Waals surface area contributed by atoms with Crippen LogP contribution in [0.15, 0.2) is 40.9 Å². The number of nitrogens with one attached hydrogen (secondary N) is 1. The first-order valence-corrected chi connectivity index (χ1v) is 8.30. The van der Waals surface area contributed by atoms with E-state index in [0.717, 1.165) is 15.6 Å². The summed E-state index contributed by atoms with van der Waals surface area (Å²) in [6.45, 7) is 3.90. The van der Waals surface area contributed by atoms with E-state index >= 15 is 0 Å². The van der Waals surface area contributed by atoms with Gasteiger partial charge in [0.2, 0.25) is 0 Å². The zero-order valence-corrected chi connectivity index (χ0v) is 15.0. The molecule has 2 aromatic carbocycles. The van der Waals surface area contributed by atoms with Gasteiger partial charge >= 0.3 is 0 Å². The van der Waals surface area contributed by atoms with E-state index in [1.54, 1.807) is 7.11 Å². The molecular formula is C18H22BrNO3. The number of rotatable bonds is 8. The summed E-state index contributed by atoms with van der Waals surface area (Å²) in [5, 5.41) is 12.0. The minimum atomic E-state index is 0.121. The van der Waals surface area contributed by atoms with Gasteiger partial charge in [0.15, 0.2) is 11.5 Å². The van der Waals surface area contributed by atoms with E-state index in [2.05, 4.69) is 40.3 Å². The monoisotopic (exact) mass is 379 g/mol. The Morgan fingerprint density at radius 3 is 2.70 bits per heavy atom. The van der Waals surface area contributed by atoms with Crippen LogP contribution in [0, 0.1) is 6.92 Å². The Labute approximate surface area is 145 Å². The second-order valence-electron chi connectivity index (χ2n) is 5.22. The number of hydrogen-bond donors (Lipinski definition) is 2. The Balaban J connectivity index is 2.13. The van der Waals surface area contributed by atoms with Crippen molar-refractivity contribution in [1.29, 1.82) is 0 Å². The molecule has 5 heteroatoms. The third-order valence-electron chi connectivity index (χ3n) is 3.54. The van der Waals surface area contributed by atoms with Crippen LogP contribution in [-0.4, -0.2) is 25.4 Å². The molecule has 0 saturated heterocycles. The second kappa shape index (κ2) is 8.91. The van der Waals surface area contributed by atoms with Crippen molar-refractivity contribution in [3.63, 3.8) is 0 Å². The summed E-state index contributed by atoms with van der Waals surface area (Å²) in [6, 6.07) is 12.1. The Hall–Kier alpha value is -1.56. The standard InChI is InChI=1S/C18H22BrNO3/c1-13-5-3-4-6-15(13)12-23-18-16(19)9-14(10-17(18)22-2)11-20-7-8-21/h3-6,9-10,20-21H,7-8,11-12H2,1-2H3. The van der Waals surface area contributed by atoms with Gasteiger partial charge in [-0.05, 0) is 51.7 Å². The Kier molecular flexibility index (Phi) is 6.89. The molecule has 0 amide bonds. The molecule has 0 aliphatic carbocycles. The van der Waals surface area contributed by atoms with Gasteiger partial charge in [0, 0.05) is 13.1 Å². The molecule has 0 bridgehead atoms. The fraction of sp³-hybridized carbons (Fsp3) is 0.333. The van der Waals surface area contributed by atoms with Gasteiger partial charge in [0.05, 0.1) is 18.2 Å². The van der Waals surface area contributed by atoms with E-state index in [4.69, 9.17) is 14.6 Å². The van der Waals surface area contributed by atoms with E-state index in [1.807, 2.05) is 24.3 Å². The highest BCUT2D eigenvalue weighted by atomic mass is 79.9. The molecule has 0 spiro atoms. The average Bonchev–Trinajstić information content (AvgIpc) is 2.55. The molecule has 23 heavy (non-hydrogen) atoms. The number of aliphatic hydroxyl groups excluding tert-OH is 1. The highest BCUT2D eigenvalue weighted by Gasteiger charge is 2.12. The third kappa shape index (κ3) is 4.96. The largest absolute Gasteiger partial charge is 0.493 e. The zero-order chi connectivity index (χ0) is 16.7. The molecule has 2 rings (SSSR count). The van der Waals surface area contributed by atoms with E-state index in [0.29, 0.717) is 31.2 Å². The third-order valence-corrected chi connectivity index (χ3v) is 4.13. The maximum Gasteiger partial charge on any atom is 0.175 e. The van der Waals surface area contributed by atoms with Crippen LogP contribution in [0.3, 0.4) is 0 Å². The first-order chi connectivity index (χ1) is 11.2. The molecule has 0 radical (unpaired) electrons. The number of halogens is 1. The highest BCUT2D eigenvalue weighted by Crippen LogP contribution is 2.37. The molecule has 0 saturated carbocycles. The lowest BCUT2D eigenvalue weighted by Gasteiger charge is -2.15. The van der Waals surface area contributed by atoms with Crippen LogP contribution >= 0.6 is 15.9 Å². The lowest BCUT2D eigenvalue weighted by Crippen LogP contribution is -2.17.